The van der Waals surface area contributed by atoms with Gasteiger partial charge in [-0.3, -0.25) is 0 Å². The third-order valence-corrected chi connectivity index (χ3v) is 3.69. The molecule has 1 heterocycles. The van der Waals surface area contributed by atoms with Crippen LogP contribution in [0.1, 0.15) is 36.8 Å². The largest absolute Gasteiger partial charge is 0.396 e. The average Bonchev–Trinajstić information content (AvgIpc) is 2.79. The Morgan fingerprint density at radius 1 is 1.35 bits per heavy atom. The number of benzene rings is 1. The van der Waals surface area contributed by atoms with E-state index in [4.69, 9.17) is 5.11 Å². The molecule has 1 saturated heterocycles. The highest BCUT2D eigenvalue weighted by atomic mass is 16.2. The normalized spacial score (nSPS) is 20.9. The topological polar surface area (TPSA) is 23.5 Å². The van der Waals surface area contributed by atoms with Crippen LogP contribution < -0.4 is 0 Å². The third-order valence-electron chi connectivity index (χ3n) is 3.69. The molecule has 94 valence electrons. The SMILES string of the molecule is CCCN1CCC(c2ccccc2CCO)C1. The van der Waals surface area contributed by atoms with Crippen molar-refractivity contribution in [3.8, 4) is 0 Å². The second-order valence-electron chi connectivity index (χ2n) is 4.96. The van der Waals surface area contributed by atoms with E-state index in [9.17, 15) is 0 Å². The molecule has 2 heteroatoms. The Hall–Kier alpha value is -0.860. The quantitative estimate of drug-likeness (QED) is 0.844. The Labute approximate surface area is 104 Å². The molecule has 1 aliphatic heterocycles. The first kappa shape index (κ1) is 12.6. The predicted molar refractivity (Wildman–Crippen MR) is 71.3 cm³/mol. The summed E-state index contributed by atoms with van der Waals surface area (Å²) in [4.78, 5) is 2.56. The van der Waals surface area contributed by atoms with Crippen molar-refractivity contribution in [3.63, 3.8) is 0 Å². The molecule has 1 aliphatic rings. The lowest BCUT2D eigenvalue weighted by Crippen LogP contribution is -2.21. The highest BCUT2D eigenvalue weighted by Gasteiger charge is 2.24. The first-order chi connectivity index (χ1) is 8.35. The van der Waals surface area contributed by atoms with Crippen molar-refractivity contribution in [1.82, 2.24) is 4.90 Å². The van der Waals surface area contributed by atoms with Crippen LogP contribution in [-0.2, 0) is 6.42 Å². The zero-order chi connectivity index (χ0) is 12.1. The van der Waals surface area contributed by atoms with Crippen LogP contribution in [0.5, 0.6) is 0 Å². The van der Waals surface area contributed by atoms with Gasteiger partial charge in [0.15, 0.2) is 0 Å². The molecule has 1 aromatic carbocycles. The second-order valence-corrected chi connectivity index (χ2v) is 4.96. The first-order valence-corrected chi connectivity index (χ1v) is 6.76. The number of aliphatic hydroxyl groups is 1. The Balaban J connectivity index is 2.07. The lowest BCUT2D eigenvalue weighted by atomic mass is 9.92. The first-order valence-electron chi connectivity index (χ1n) is 6.76. The van der Waals surface area contributed by atoms with Crippen molar-refractivity contribution in [2.75, 3.05) is 26.2 Å². The van der Waals surface area contributed by atoms with Gasteiger partial charge in [-0.15, -0.1) is 0 Å². The van der Waals surface area contributed by atoms with Crippen LogP contribution in [0, 0.1) is 0 Å². The molecule has 0 aliphatic carbocycles. The van der Waals surface area contributed by atoms with Gasteiger partial charge in [-0.25, -0.2) is 0 Å². The van der Waals surface area contributed by atoms with E-state index in [-0.39, 0.29) is 6.61 Å². The smallest absolute Gasteiger partial charge is 0.0471 e. The van der Waals surface area contributed by atoms with Gasteiger partial charge in [0.2, 0.25) is 0 Å². The van der Waals surface area contributed by atoms with Gasteiger partial charge in [0.1, 0.15) is 0 Å². The van der Waals surface area contributed by atoms with Crippen LogP contribution in [0.3, 0.4) is 0 Å². The van der Waals surface area contributed by atoms with E-state index in [1.54, 1.807) is 0 Å². The van der Waals surface area contributed by atoms with Crippen molar-refractivity contribution in [2.45, 2.75) is 32.1 Å². The van der Waals surface area contributed by atoms with E-state index in [2.05, 4.69) is 36.1 Å². The molecule has 17 heavy (non-hydrogen) atoms. The fourth-order valence-corrected chi connectivity index (χ4v) is 2.89. The maximum Gasteiger partial charge on any atom is 0.0471 e. The Bertz CT molecular complexity index is 351. The molecular weight excluding hydrogens is 210 g/mol. The Kier molecular flexibility index (Phi) is 4.57. The zero-order valence-electron chi connectivity index (χ0n) is 10.7. The van der Waals surface area contributed by atoms with Crippen molar-refractivity contribution >= 4 is 0 Å². The minimum Gasteiger partial charge on any atom is -0.396 e. The molecule has 1 N–H and O–H groups in total. The number of rotatable bonds is 5. The predicted octanol–water partition coefficient (Wildman–Crippen LogP) is 2.42. The van der Waals surface area contributed by atoms with Crippen LogP contribution in [0.25, 0.3) is 0 Å². The van der Waals surface area contributed by atoms with Crippen molar-refractivity contribution in [1.29, 1.82) is 0 Å². The summed E-state index contributed by atoms with van der Waals surface area (Å²) < 4.78 is 0. The minimum atomic E-state index is 0.252. The third kappa shape index (κ3) is 3.08. The molecule has 0 amide bonds. The molecule has 1 aromatic rings. The second kappa shape index (κ2) is 6.18. The maximum absolute atomic E-state index is 9.11. The van der Waals surface area contributed by atoms with Gasteiger partial charge in [0.05, 0.1) is 0 Å². The molecule has 0 aromatic heterocycles. The monoisotopic (exact) mass is 233 g/mol. The molecule has 0 radical (unpaired) electrons. The van der Waals surface area contributed by atoms with Crippen molar-refractivity contribution in [3.05, 3.63) is 35.4 Å². The number of nitrogens with zero attached hydrogens (tertiary/aromatic N) is 1. The number of likely N-dealkylation sites (tertiary alicyclic amines) is 1. The van der Waals surface area contributed by atoms with Crippen molar-refractivity contribution in [2.24, 2.45) is 0 Å². The van der Waals surface area contributed by atoms with Gasteiger partial charge < -0.3 is 10.0 Å². The van der Waals surface area contributed by atoms with Gasteiger partial charge in [-0.2, -0.15) is 0 Å². The summed E-state index contributed by atoms with van der Waals surface area (Å²) in [5.74, 6) is 0.671. The van der Waals surface area contributed by atoms with Gasteiger partial charge in [0, 0.05) is 13.2 Å². The van der Waals surface area contributed by atoms with Crippen LogP contribution in [0.15, 0.2) is 24.3 Å². The standard InChI is InChI=1S/C15H23NO/c1-2-9-16-10-7-14(12-16)15-6-4-3-5-13(15)8-11-17/h3-6,14,17H,2,7-12H2,1H3. The molecule has 0 saturated carbocycles. The van der Waals surface area contributed by atoms with E-state index in [0.29, 0.717) is 5.92 Å². The molecule has 0 spiro atoms. The molecule has 2 nitrogen and oxygen atoms in total. The van der Waals surface area contributed by atoms with E-state index in [0.717, 1.165) is 6.42 Å². The van der Waals surface area contributed by atoms with Gasteiger partial charge in [-0.05, 0) is 49.4 Å². The summed E-state index contributed by atoms with van der Waals surface area (Å²) in [6.45, 7) is 6.14. The Morgan fingerprint density at radius 3 is 2.94 bits per heavy atom. The highest BCUT2D eigenvalue weighted by Crippen LogP contribution is 2.29. The van der Waals surface area contributed by atoms with Crippen molar-refractivity contribution < 1.29 is 5.11 Å². The zero-order valence-corrected chi connectivity index (χ0v) is 10.7. The summed E-state index contributed by atoms with van der Waals surface area (Å²) in [7, 11) is 0. The fraction of sp³-hybridized carbons (Fsp3) is 0.600. The van der Waals surface area contributed by atoms with Crippen LogP contribution >= 0.6 is 0 Å². The maximum atomic E-state index is 9.11. The number of hydrogen-bond acceptors (Lipinski definition) is 2. The summed E-state index contributed by atoms with van der Waals surface area (Å²) >= 11 is 0. The molecular formula is C15H23NO. The van der Waals surface area contributed by atoms with Crippen LogP contribution in [0.4, 0.5) is 0 Å². The van der Waals surface area contributed by atoms with Crippen LogP contribution in [0.2, 0.25) is 0 Å². The summed E-state index contributed by atoms with van der Waals surface area (Å²) in [6.07, 6.45) is 3.30. The molecule has 1 atom stereocenters. The molecule has 2 rings (SSSR count). The van der Waals surface area contributed by atoms with E-state index >= 15 is 0 Å². The van der Waals surface area contributed by atoms with Gasteiger partial charge in [0.25, 0.3) is 0 Å². The summed E-state index contributed by atoms with van der Waals surface area (Å²) in [6, 6.07) is 8.60. The lowest BCUT2D eigenvalue weighted by Gasteiger charge is -2.17. The highest BCUT2D eigenvalue weighted by molar-refractivity contribution is 5.31. The van der Waals surface area contributed by atoms with E-state index in [1.165, 1.54) is 43.6 Å². The minimum absolute atomic E-state index is 0.252. The van der Waals surface area contributed by atoms with E-state index < -0.39 is 0 Å². The van der Waals surface area contributed by atoms with E-state index in [1.807, 2.05) is 0 Å². The molecule has 1 fully saturated rings. The fourth-order valence-electron chi connectivity index (χ4n) is 2.89. The van der Waals surface area contributed by atoms with Gasteiger partial charge in [-0.1, -0.05) is 31.2 Å². The Morgan fingerprint density at radius 2 is 2.18 bits per heavy atom. The summed E-state index contributed by atoms with van der Waals surface area (Å²) in [5, 5.41) is 9.11. The lowest BCUT2D eigenvalue weighted by molar-refractivity contribution is 0.299. The molecule has 0 bridgehead atoms. The van der Waals surface area contributed by atoms with Crippen LogP contribution in [-0.4, -0.2) is 36.2 Å². The molecule has 1 unspecified atom stereocenters. The number of hydrogen-bond donors (Lipinski definition) is 1. The van der Waals surface area contributed by atoms with Gasteiger partial charge >= 0.3 is 0 Å². The average molecular weight is 233 g/mol. The number of aliphatic hydroxyl groups excluding tert-OH is 1. The summed E-state index contributed by atoms with van der Waals surface area (Å²) in [5.41, 5.74) is 2.79.